The maximum Gasteiger partial charge on any atom is 0.293 e. The van der Waals surface area contributed by atoms with E-state index in [0.717, 1.165) is 11.1 Å². The molecule has 0 radical (unpaired) electrons. The van der Waals surface area contributed by atoms with Crippen molar-refractivity contribution < 1.29 is 9.47 Å². The van der Waals surface area contributed by atoms with Gasteiger partial charge in [0.15, 0.2) is 5.41 Å². The zero-order valence-electron chi connectivity index (χ0n) is 12.9. The van der Waals surface area contributed by atoms with Crippen LogP contribution in [0.25, 0.3) is 0 Å². The lowest BCUT2D eigenvalue weighted by atomic mass is 9.93. The Kier molecular flexibility index (Phi) is 2.54. The van der Waals surface area contributed by atoms with E-state index in [4.69, 9.17) is 15.2 Å². The lowest BCUT2D eigenvalue weighted by Gasteiger charge is -2.26. The molecule has 23 heavy (non-hydrogen) atoms. The SMILES string of the molecule is Cc1cccc([C@@H]2[C@@]3(C#N)[C@@]4(N=C(N)[C@@]23C#N)OC[C@H](C)O4)c1. The number of nitrogens with two attached hydrogens (primary N) is 1. The molecule has 116 valence electrons. The predicted molar refractivity (Wildman–Crippen MR) is 80.9 cm³/mol. The van der Waals surface area contributed by atoms with Crippen LogP contribution >= 0.6 is 0 Å². The number of benzene rings is 1. The van der Waals surface area contributed by atoms with E-state index in [2.05, 4.69) is 17.1 Å². The minimum absolute atomic E-state index is 0.127. The quantitative estimate of drug-likeness (QED) is 0.848. The largest absolute Gasteiger partial charge is 0.386 e. The Morgan fingerprint density at radius 2 is 2.13 bits per heavy atom. The zero-order valence-corrected chi connectivity index (χ0v) is 12.9. The first-order valence-electron chi connectivity index (χ1n) is 7.54. The summed E-state index contributed by atoms with van der Waals surface area (Å²) in [6.07, 6.45) is -0.204. The molecule has 0 unspecified atom stereocenters. The zero-order chi connectivity index (χ0) is 16.5. The van der Waals surface area contributed by atoms with Crippen LogP contribution in [0.5, 0.6) is 0 Å². The summed E-state index contributed by atoms with van der Waals surface area (Å²) >= 11 is 0. The molecule has 1 spiro atoms. The summed E-state index contributed by atoms with van der Waals surface area (Å²) in [5.74, 6) is -1.76. The van der Waals surface area contributed by atoms with E-state index in [1.807, 2.05) is 38.1 Å². The number of nitrogens with zero attached hydrogens (tertiary/aromatic N) is 3. The third-order valence-corrected chi connectivity index (χ3v) is 5.18. The van der Waals surface area contributed by atoms with Crippen LogP contribution in [0, 0.1) is 40.4 Å². The number of aliphatic imine (C=N–C) groups is 1. The number of hydrogen-bond acceptors (Lipinski definition) is 6. The van der Waals surface area contributed by atoms with Gasteiger partial charge >= 0.3 is 0 Å². The average molecular weight is 308 g/mol. The van der Waals surface area contributed by atoms with Crippen molar-refractivity contribution in [3.63, 3.8) is 0 Å². The summed E-state index contributed by atoms with van der Waals surface area (Å²) in [6.45, 7) is 4.14. The van der Waals surface area contributed by atoms with Gasteiger partial charge in [0, 0.05) is 5.92 Å². The number of fused-ring (bicyclic) bond motifs is 2. The average Bonchev–Trinajstić information content (AvgIpc) is 2.93. The van der Waals surface area contributed by atoms with Crippen LogP contribution in [-0.4, -0.2) is 24.5 Å². The molecule has 2 aliphatic heterocycles. The van der Waals surface area contributed by atoms with Gasteiger partial charge in [-0.15, -0.1) is 0 Å². The van der Waals surface area contributed by atoms with Crippen molar-refractivity contribution in [1.29, 1.82) is 10.5 Å². The first-order valence-corrected chi connectivity index (χ1v) is 7.54. The van der Waals surface area contributed by atoms with E-state index >= 15 is 0 Å². The van der Waals surface area contributed by atoms with Crippen molar-refractivity contribution in [1.82, 2.24) is 0 Å². The second-order valence-electron chi connectivity index (χ2n) is 6.51. The van der Waals surface area contributed by atoms with Crippen molar-refractivity contribution in [2.24, 2.45) is 21.6 Å². The summed E-state index contributed by atoms with van der Waals surface area (Å²) in [5, 5.41) is 19.9. The predicted octanol–water partition coefficient (Wildman–Crippen LogP) is 1.57. The molecule has 4 rings (SSSR count). The fourth-order valence-corrected chi connectivity index (χ4v) is 4.21. The molecule has 2 fully saturated rings. The Morgan fingerprint density at radius 1 is 1.35 bits per heavy atom. The molecule has 1 aromatic carbocycles. The fourth-order valence-electron chi connectivity index (χ4n) is 4.21. The van der Waals surface area contributed by atoms with Crippen molar-refractivity contribution in [3.05, 3.63) is 35.4 Å². The Balaban J connectivity index is 1.93. The van der Waals surface area contributed by atoms with Gasteiger partial charge in [-0.2, -0.15) is 10.5 Å². The first-order chi connectivity index (χ1) is 11.0. The minimum Gasteiger partial charge on any atom is -0.386 e. The van der Waals surface area contributed by atoms with Gasteiger partial charge in [0.05, 0.1) is 24.8 Å². The standard InChI is InChI=1S/C17H16N4O2/c1-10-4-3-5-12(6-10)13-15(8-18)14(20)21-17(16(13,15)9-19)22-7-11(2)23-17/h3-6,11,13H,7H2,1-2H3,(H2,20,21)/t11-,13-,15+,16+,17+/m0/s1. The second-order valence-corrected chi connectivity index (χ2v) is 6.51. The number of hydrogen-bond donors (Lipinski definition) is 1. The van der Waals surface area contributed by atoms with Gasteiger partial charge < -0.3 is 15.2 Å². The Labute approximate surface area is 134 Å². The highest BCUT2D eigenvalue weighted by molar-refractivity contribution is 6.00. The molecule has 6 heteroatoms. The summed E-state index contributed by atoms with van der Waals surface area (Å²) < 4.78 is 11.7. The van der Waals surface area contributed by atoms with Crippen LogP contribution in [0.4, 0.5) is 0 Å². The van der Waals surface area contributed by atoms with Crippen molar-refractivity contribution >= 4 is 5.84 Å². The molecule has 5 atom stereocenters. The molecule has 2 heterocycles. The Morgan fingerprint density at radius 3 is 2.70 bits per heavy atom. The molecule has 0 amide bonds. The highest BCUT2D eigenvalue weighted by atomic mass is 16.8. The number of rotatable bonds is 1. The van der Waals surface area contributed by atoms with Crippen LogP contribution in [0.3, 0.4) is 0 Å². The van der Waals surface area contributed by atoms with Gasteiger partial charge in [-0.25, -0.2) is 4.99 Å². The van der Waals surface area contributed by atoms with E-state index in [1.165, 1.54) is 0 Å². The molecule has 0 bridgehead atoms. The van der Waals surface area contributed by atoms with E-state index in [9.17, 15) is 10.5 Å². The molecular weight excluding hydrogens is 292 g/mol. The van der Waals surface area contributed by atoms with Gasteiger partial charge in [0.1, 0.15) is 11.3 Å². The maximum atomic E-state index is 10.0. The van der Waals surface area contributed by atoms with Crippen LogP contribution < -0.4 is 5.73 Å². The smallest absolute Gasteiger partial charge is 0.293 e. The Hall–Kier alpha value is -2.41. The van der Waals surface area contributed by atoms with Gasteiger partial charge in [0.2, 0.25) is 0 Å². The molecule has 1 aliphatic carbocycles. The number of amidine groups is 1. The van der Waals surface area contributed by atoms with Crippen LogP contribution in [0.2, 0.25) is 0 Å². The van der Waals surface area contributed by atoms with Gasteiger partial charge in [-0.1, -0.05) is 29.8 Å². The van der Waals surface area contributed by atoms with Crippen molar-refractivity contribution in [2.45, 2.75) is 31.8 Å². The normalized spacial score (nSPS) is 43.6. The highest BCUT2D eigenvalue weighted by Gasteiger charge is 2.94. The molecule has 3 aliphatic rings. The first kappa shape index (κ1) is 14.2. The van der Waals surface area contributed by atoms with E-state index in [1.54, 1.807) is 0 Å². The van der Waals surface area contributed by atoms with E-state index in [-0.39, 0.29) is 11.9 Å². The van der Waals surface area contributed by atoms with E-state index < -0.39 is 22.7 Å². The topological polar surface area (TPSA) is 104 Å². The summed E-state index contributed by atoms with van der Waals surface area (Å²) in [7, 11) is 0. The molecule has 1 saturated carbocycles. The highest BCUT2D eigenvalue weighted by Crippen LogP contribution is 2.82. The lowest BCUT2D eigenvalue weighted by molar-refractivity contribution is -0.193. The van der Waals surface area contributed by atoms with Crippen molar-refractivity contribution in [2.75, 3.05) is 6.61 Å². The number of ether oxygens (including phenoxy) is 2. The summed E-state index contributed by atoms with van der Waals surface area (Å²) in [5.41, 5.74) is 5.62. The van der Waals surface area contributed by atoms with Gasteiger partial charge in [-0.05, 0) is 19.4 Å². The van der Waals surface area contributed by atoms with Crippen LogP contribution in [-0.2, 0) is 9.47 Å². The number of aryl methyl sites for hydroxylation is 1. The minimum atomic E-state index is -1.48. The fraction of sp³-hybridized carbons (Fsp3) is 0.471. The molecule has 0 aromatic heterocycles. The summed E-state index contributed by atoms with van der Waals surface area (Å²) in [6, 6.07) is 12.3. The third kappa shape index (κ3) is 1.33. The molecule has 1 aromatic rings. The molecule has 2 N–H and O–H groups in total. The molecular formula is C17H16N4O2. The Bertz CT molecular complexity index is 823. The third-order valence-electron chi connectivity index (χ3n) is 5.18. The lowest BCUT2D eigenvalue weighted by Crippen LogP contribution is -2.39. The molecule has 1 saturated heterocycles. The molecule has 6 nitrogen and oxygen atoms in total. The second kappa shape index (κ2) is 4.11. The maximum absolute atomic E-state index is 10.0. The number of nitriles is 2. The van der Waals surface area contributed by atoms with Gasteiger partial charge in [0.25, 0.3) is 5.91 Å². The van der Waals surface area contributed by atoms with Crippen LogP contribution in [0.15, 0.2) is 29.3 Å². The van der Waals surface area contributed by atoms with Crippen LogP contribution in [0.1, 0.15) is 24.0 Å². The monoisotopic (exact) mass is 308 g/mol. The van der Waals surface area contributed by atoms with Crippen molar-refractivity contribution in [3.8, 4) is 12.1 Å². The van der Waals surface area contributed by atoms with E-state index in [0.29, 0.717) is 6.61 Å². The van der Waals surface area contributed by atoms with Gasteiger partial charge in [-0.3, -0.25) is 0 Å². The summed E-state index contributed by atoms with van der Waals surface area (Å²) in [4.78, 5) is 4.29.